The molecular formula is C45H53BN2Si. The van der Waals surface area contributed by atoms with Crippen molar-refractivity contribution in [3.8, 4) is 0 Å². The first-order valence-corrected chi connectivity index (χ1v) is 20.6. The van der Waals surface area contributed by atoms with Gasteiger partial charge in [0.1, 0.15) is 0 Å². The molecule has 0 amide bonds. The van der Waals surface area contributed by atoms with Crippen molar-refractivity contribution >= 4 is 41.3 Å². The number of aromatic nitrogens is 2. The summed E-state index contributed by atoms with van der Waals surface area (Å²) in [4.78, 5) is 4.38. The molecule has 1 aromatic heterocycles. The molecule has 5 aromatic carbocycles. The molecule has 0 saturated carbocycles. The van der Waals surface area contributed by atoms with Crippen LogP contribution in [0.15, 0.2) is 158 Å². The predicted molar refractivity (Wildman–Crippen MR) is 216 cm³/mol. The fraction of sp³-hybridized carbons (Fsp3) is 0.267. The van der Waals surface area contributed by atoms with Crippen LogP contribution in [0.25, 0.3) is 0 Å². The minimum atomic E-state index is -2.33. The van der Waals surface area contributed by atoms with Gasteiger partial charge < -0.3 is 4.57 Å². The van der Waals surface area contributed by atoms with E-state index < -0.39 is 8.07 Å². The van der Waals surface area contributed by atoms with Crippen molar-refractivity contribution in [2.75, 3.05) is 0 Å². The Morgan fingerprint density at radius 1 is 0.531 bits per heavy atom. The maximum absolute atomic E-state index is 4.38. The van der Waals surface area contributed by atoms with E-state index in [0.29, 0.717) is 6.71 Å². The molecule has 0 aliphatic carbocycles. The van der Waals surface area contributed by atoms with E-state index in [9.17, 15) is 0 Å². The van der Waals surface area contributed by atoms with E-state index in [1.54, 1.807) is 0 Å². The van der Waals surface area contributed by atoms with E-state index in [1.165, 1.54) is 89.0 Å². The molecule has 0 unspecified atom stereocenters. The van der Waals surface area contributed by atoms with Crippen LogP contribution in [0.3, 0.4) is 0 Å². The summed E-state index contributed by atoms with van der Waals surface area (Å²) in [5.74, 6) is 0. The number of rotatable bonds is 15. The molecule has 0 bridgehead atoms. The van der Waals surface area contributed by atoms with E-state index in [0.717, 1.165) is 6.17 Å². The molecule has 0 saturated heterocycles. The smallest absolute Gasteiger partial charge is 0.206 e. The van der Waals surface area contributed by atoms with Gasteiger partial charge >= 0.3 is 0 Å². The van der Waals surface area contributed by atoms with Crippen LogP contribution in [0, 0.1) is 0 Å². The van der Waals surface area contributed by atoms with Crippen molar-refractivity contribution in [3.05, 3.63) is 169 Å². The monoisotopic (exact) mass is 660 g/mol. The van der Waals surface area contributed by atoms with Crippen molar-refractivity contribution < 1.29 is 0 Å². The minimum Gasteiger partial charge on any atom is -0.339 e. The minimum absolute atomic E-state index is 0.484. The first-order chi connectivity index (χ1) is 24.1. The summed E-state index contributed by atoms with van der Waals surface area (Å²) in [6, 6.07) is 51.6. The Hall–Kier alpha value is -4.41. The van der Waals surface area contributed by atoms with Gasteiger partial charge in [0.05, 0.1) is 6.33 Å². The maximum atomic E-state index is 4.38. The lowest BCUT2D eigenvalue weighted by molar-refractivity contribution is 0.717. The Morgan fingerprint density at radius 3 is 1.37 bits per heavy atom. The topological polar surface area (TPSA) is 17.8 Å². The van der Waals surface area contributed by atoms with Crippen LogP contribution in [-0.4, -0.2) is 24.3 Å². The quantitative estimate of drug-likeness (QED) is 0.0621. The molecule has 0 N–H and O–H groups in total. The van der Waals surface area contributed by atoms with Gasteiger partial charge in [-0.3, -0.25) is 0 Å². The fourth-order valence-electron chi connectivity index (χ4n) is 6.90. The number of nitrogens with zero attached hydrogens (tertiary/aromatic N) is 2. The lowest BCUT2D eigenvalue weighted by atomic mass is 9.43. The van der Waals surface area contributed by atoms with E-state index in [1.807, 2.05) is 12.5 Å². The molecule has 49 heavy (non-hydrogen) atoms. The largest absolute Gasteiger partial charge is 0.339 e. The van der Waals surface area contributed by atoms with Crippen LogP contribution < -0.4 is 26.5 Å². The molecule has 1 heterocycles. The third kappa shape index (κ3) is 9.83. The van der Waals surface area contributed by atoms with E-state index in [-0.39, 0.29) is 0 Å². The predicted octanol–water partition coefficient (Wildman–Crippen LogP) is 7.98. The molecule has 6 rings (SSSR count). The van der Waals surface area contributed by atoms with Crippen molar-refractivity contribution in [1.82, 2.24) is 9.55 Å². The van der Waals surface area contributed by atoms with Gasteiger partial charge in [0.2, 0.25) is 6.71 Å². The second-order valence-corrected chi connectivity index (χ2v) is 17.2. The Bertz CT molecular complexity index is 1640. The number of imidazole rings is 1. The van der Waals surface area contributed by atoms with Gasteiger partial charge in [-0.2, -0.15) is 0 Å². The van der Waals surface area contributed by atoms with Gasteiger partial charge in [0.25, 0.3) is 0 Å². The number of benzene rings is 5. The highest BCUT2D eigenvalue weighted by Gasteiger charge is 2.39. The molecule has 0 aliphatic heterocycles. The van der Waals surface area contributed by atoms with Crippen molar-refractivity contribution in [2.45, 2.75) is 78.2 Å². The molecule has 0 aliphatic rings. The van der Waals surface area contributed by atoms with E-state index in [2.05, 4.69) is 176 Å². The molecule has 0 spiro atoms. The number of aryl methyl sites for hydroxylation is 2. The Morgan fingerprint density at radius 2 is 0.959 bits per heavy atom. The molecule has 4 heteroatoms. The van der Waals surface area contributed by atoms with Gasteiger partial charge in [-0.15, -0.1) is 0 Å². The number of unbranched alkanes of at least 4 members (excludes halogenated alkanes) is 4. The zero-order valence-electron chi connectivity index (χ0n) is 29.8. The van der Waals surface area contributed by atoms with Gasteiger partial charge in [-0.25, -0.2) is 4.98 Å². The van der Waals surface area contributed by atoms with Gasteiger partial charge in [-0.1, -0.05) is 197 Å². The molecule has 0 atom stereocenters. The van der Waals surface area contributed by atoms with Crippen LogP contribution in [-0.2, 0) is 19.0 Å². The van der Waals surface area contributed by atoms with E-state index in [4.69, 9.17) is 0 Å². The summed E-state index contributed by atoms with van der Waals surface area (Å²) >= 11 is 0. The van der Waals surface area contributed by atoms with Crippen LogP contribution in [0.5, 0.6) is 0 Å². The summed E-state index contributed by atoms with van der Waals surface area (Å²) in [5, 5.41) is 4.39. The summed E-state index contributed by atoms with van der Waals surface area (Å²) in [6.07, 6.45) is 16.9. The molecular weight excluding hydrogens is 607 g/mol. The normalized spacial score (nSPS) is 11.1. The second kappa shape index (κ2) is 19.0. The maximum Gasteiger partial charge on any atom is 0.206 e. The lowest BCUT2D eigenvalue weighted by Gasteiger charge is -2.34. The first-order valence-electron chi connectivity index (χ1n) is 18.4. The molecule has 0 radical (unpaired) electrons. The van der Waals surface area contributed by atoms with Crippen LogP contribution in [0.4, 0.5) is 0 Å². The Labute approximate surface area is 297 Å². The molecule has 250 valence electrons. The number of hydrogen-bond donors (Lipinski definition) is 0. The van der Waals surface area contributed by atoms with Gasteiger partial charge in [0, 0.05) is 18.6 Å². The fourth-order valence-corrected chi connectivity index (χ4v) is 11.4. The standard InChI is InChI=1S/C32H40N2Si.C13H13B/c1-3-5-8-12-28-16-20-31(21-17-28)35(27-34-25-24-33-26-34,30-14-10-7-11-15-30)32-22-18-29(19-23-32)13-9-6-4-2;1-14(12-8-4-2-5-9-12)13-10-6-3-7-11-13/h7,10-11,14-26H,3-6,8-9,12-13,27H2,1-2H3;2-11H,1H3. The molecule has 2 nitrogen and oxygen atoms in total. The SMILES string of the molecule is CB(c1ccccc1)c1ccccc1.CCCCCc1ccc([Si](Cn2ccnc2)(c2ccccc2)c2ccc(CCCCC)cc2)cc1. The second-order valence-electron chi connectivity index (χ2n) is 13.4. The Kier molecular flexibility index (Phi) is 13.9. The zero-order chi connectivity index (χ0) is 34.2. The van der Waals surface area contributed by atoms with Gasteiger partial charge in [-0.05, 0) is 52.4 Å². The van der Waals surface area contributed by atoms with Crippen molar-refractivity contribution in [3.63, 3.8) is 0 Å². The highest BCUT2D eigenvalue weighted by molar-refractivity contribution is 7.10. The third-order valence-corrected chi connectivity index (χ3v) is 14.7. The van der Waals surface area contributed by atoms with Crippen LogP contribution >= 0.6 is 0 Å². The average Bonchev–Trinajstić information content (AvgIpc) is 3.69. The summed E-state index contributed by atoms with van der Waals surface area (Å²) in [6.45, 7) is 7.27. The summed E-state index contributed by atoms with van der Waals surface area (Å²) < 4.78 is 2.28. The lowest BCUT2D eigenvalue weighted by Crippen LogP contribution is -2.69. The average molecular weight is 661 g/mol. The first kappa shape index (κ1) is 35.9. The Balaban J connectivity index is 0.000000278. The summed E-state index contributed by atoms with van der Waals surface area (Å²) in [5.41, 5.74) is 5.65. The van der Waals surface area contributed by atoms with Gasteiger partial charge in [0.15, 0.2) is 8.07 Å². The molecule has 6 aromatic rings. The van der Waals surface area contributed by atoms with Crippen molar-refractivity contribution in [2.24, 2.45) is 0 Å². The van der Waals surface area contributed by atoms with Crippen LogP contribution in [0.2, 0.25) is 6.82 Å². The van der Waals surface area contributed by atoms with Crippen LogP contribution in [0.1, 0.15) is 63.5 Å². The third-order valence-electron chi connectivity index (χ3n) is 9.88. The van der Waals surface area contributed by atoms with Crippen molar-refractivity contribution in [1.29, 1.82) is 0 Å². The van der Waals surface area contributed by atoms with E-state index >= 15 is 0 Å². The molecule has 0 fully saturated rings. The highest BCUT2D eigenvalue weighted by Crippen LogP contribution is 2.15. The summed E-state index contributed by atoms with van der Waals surface area (Å²) in [7, 11) is -2.33. The zero-order valence-corrected chi connectivity index (χ0v) is 30.8. The highest BCUT2D eigenvalue weighted by atomic mass is 28.3. The number of hydrogen-bond acceptors (Lipinski definition) is 1.